The predicted octanol–water partition coefficient (Wildman–Crippen LogP) is 8.20. The number of fused-ring (bicyclic) bond motifs is 5. The Morgan fingerprint density at radius 2 is 1.19 bits per heavy atom. The number of benzene rings is 5. The third kappa shape index (κ3) is 2.94. The van der Waals surface area contributed by atoms with Crippen LogP contribution in [0.5, 0.6) is 0 Å². The van der Waals surface area contributed by atoms with Gasteiger partial charge in [0.15, 0.2) is 6.20 Å². The molecule has 2 heterocycles. The lowest BCUT2D eigenvalue weighted by Gasteiger charge is -2.14. The molecule has 0 bridgehead atoms. The fourth-order valence-corrected chi connectivity index (χ4v) is 5.98. The van der Waals surface area contributed by atoms with Crippen LogP contribution in [0.4, 0.5) is 0 Å². The molecule has 5 aromatic carbocycles. The van der Waals surface area contributed by atoms with Gasteiger partial charge in [0.05, 0.1) is 22.0 Å². The zero-order chi connectivity index (χ0) is 24.4. The van der Waals surface area contributed by atoms with E-state index in [2.05, 4.69) is 139 Å². The minimum atomic E-state index is 1.19. The van der Waals surface area contributed by atoms with Gasteiger partial charge in [-0.15, -0.1) is 0 Å². The summed E-state index contributed by atoms with van der Waals surface area (Å²) >= 11 is 0. The van der Waals surface area contributed by atoms with Crippen molar-refractivity contribution in [2.45, 2.75) is 13.8 Å². The van der Waals surface area contributed by atoms with Crippen molar-refractivity contribution in [3.8, 4) is 16.9 Å². The quantitative estimate of drug-likeness (QED) is 0.229. The van der Waals surface area contributed by atoms with E-state index in [1.54, 1.807) is 0 Å². The zero-order valence-electron chi connectivity index (χ0n) is 20.8. The largest absolute Gasteiger partial charge is 0.309 e. The molecule has 0 spiro atoms. The molecule has 0 atom stereocenters. The fraction of sp³-hybridized carbons (Fsp3) is 0.0882. The highest BCUT2D eigenvalue weighted by atomic mass is 15.0. The monoisotopic (exact) mass is 463 g/mol. The zero-order valence-corrected chi connectivity index (χ0v) is 20.8. The standard InChI is InChI=1S/C34H27N2/c1-22-20-31(23(2)27-11-5-4-10-26(22)27)34-28-17-16-25(21-24(28)18-19-35(34)3)36-32-14-8-6-12-29(32)30-13-7-9-15-33(30)36/h4-21H,1-3H3/q+1. The first kappa shape index (κ1) is 20.9. The topological polar surface area (TPSA) is 8.81 Å². The SMILES string of the molecule is Cc1cc(-c2c3ccc(-n4c5ccccc5c5ccccc54)cc3cc[n+]2C)c(C)c2ccccc12. The molecule has 0 amide bonds. The summed E-state index contributed by atoms with van der Waals surface area (Å²) in [5, 5.41) is 7.74. The van der Waals surface area contributed by atoms with Crippen LogP contribution >= 0.6 is 0 Å². The van der Waals surface area contributed by atoms with Gasteiger partial charge in [-0.05, 0) is 77.5 Å². The molecule has 0 N–H and O–H groups in total. The second kappa shape index (κ2) is 7.79. The summed E-state index contributed by atoms with van der Waals surface area (Å²) in [7, 11) is 2.15. The van der Waals surface area contributed by atoms with Crippen LogP contribution in [0.2, 0.25) is 0 Å². The predicted molar refractivity (Wildman–Crippen MR) is 152 cm³/mol. The molecule has 36 heavy (non-hydrogen) atoms. The molecule has 172 valence electrons. The van der Waals surface area contributed by atoms with Gasteiger partial charge < -0.3 is 4.57 Å². The Bertz CT molecular complexity index is 1920. The van der Waals surface area contributed by atoms with Crippen LogP contribution in [0.25, 0.3) is 60.3 Å². The number of rotatable bonds is 2. The van der Waals surface area contributed by atoms with E-state index in [4.69, 9.17) is 0 Å². The first-order valence-electron chi connectivity index (χ1n) is 12.5. The Morgan fingerprint density at radius 3 is 1.89 bits per heavy atom. The highest BCUT2D eigenvalue weighted by molar-refractivity contribution is 6.09. The normalized spacial score (nSPS) is 11.8. The van der Waals surface area contributed by atoms with Crippen molar-refractivity contribution in [3.05, 3.63) is 120 Å². The Morgan fingerprint density at radius 1 is 0.583 bits per heavy atom. The van der Waals surface area contributed by atoms with E-state index in [0.29, 0.717) is 0 Å². The number of hydrogen-bond donors (Lipinski definition) is 0. The van der Waals surface area contributed by atoms with Gasteiger partial charge in [0, 0.05) is 22.5 Å². The highest BCUT2D eigenvalue weighted by Gasteiger charge is 2.20. The lowest BCUT2D eigenvalue weighted by molar-refractivity contribution is -0.659. The minimum absolute atomic E-state index is 1.19. The lowest BCUT2D eigenvalue weighted by Crippen LogP contribution is -2.30. The Kier molecular flexibility index (Phi) is 4.52. The van der Waals surface area contributed by atoms with Crippen LogP contribution in [0.15, 0.2) is 109 Å². The molecule has 7 aromatic rings. The molecule has 0 fully saturated rings. The number of nitrogens with zero attached hydrogens (tertiary/aromatic N) is 2. The first-order valence-corrected chi connectivity index (χ1v) is 12.5. The van der Waals surface area contributed by atoms with Crippen molar-refractivity contribution in [2.75, 3.05) is 0 Å². The highest BCUT2D eigenvalue weighted by Crippen LogP contribution is 2.36. The first-order chi connectivity index (χ1) is 17.6. The number of aromatic nitrogens is 2. The number of hydrogen-bond acceptors (Lipinski definition) is 0. The Labute approximate surface area is 210 Å². The molecular weight excluding hydrogens is 436 g/mol. The third-order valence-electron chi connectivity index (χ3n) is 7.73. The minimum Gasteiger partial charge on any atom is -0.309 e. The van der Waals surface area contributed by atoms with Crippen LogP contribution in [0.1, 0.15) is 11.1 Å². The van der Waals surface area contributed by atoms with Gasteiger partial charge >= 0.3 is 0 Å². The summed E-state index contributed by atoms with van der Waals surface area (Å²) in [6, 6.07) is 37.6. The second-order valence-corrected chi connectivity index (χ2v) is 9.83. The summed E-state index contributed by atoms with van der Waals surface area (Å²) in [6.45, 7) is 4.47. The van der Waals surface area contributed by atoms with E-state index in [-0.39, 0.29) is 0 Å². The van der Waals surface area contributed by atoms with Crippen LogP contribution in [-0.2, 0) is 7.05 Å². The molecule has 7 rings (SSSR count). The van der Waals surface area contributed by atoms with E-state index < -0.39 is 0 Å². The number of pyridine rings is 1. The summed E-state index contributed by atoms with van der Waals surface area (Å²) in [5.41, 5.74) is 8.85. The van der Waals surface area contributed by atoms with Crippen molar-refractivity contribution in [1.29, 1.82) is 0 Å². The van der Waals surface area contributed by atoms with Crippen molar-refractivity contribution < 1.29 is 4.57 Å². The van der Waals surface area contributed by atoms with Crippen molar-refractivity contribution in [2.24, 2.45) is 7.05 Å². The van der Waals surface area contributed by atoms with E-state index in [9.17, 15) is 0 Å². The molecule has 2 heteroatoms. The van der Waals surface area contributed by atoms with Gasteiger partial charge in [-0.1, -0.05) is 60.7 Å². The summed E-state index contributed by atoms with van der Waals surface area (Å²) in [4.78, 5) is 0. The summed E-state index contributed by atoms with van der Waals surface area (Å²) in [5.74, 6) is 0. The molecule has 2 nitrogen and oxygen atoms in total. The average Bonchev–Trinajstić information content (AvgIpc) is 3.25. The molecule has 0 aliphatic carbocycles. The molecular formula is C34H27N2+. The Hall–Kier alpha value is -4.43. The summed E-state index contributed by atoms with van der Waals surface area (Å²) in [6.07, 6.45) is 2.19. The van der Waals surface area contributed by atoms with E-state index in [1.807, 2.05) is 0 Å². The van der Waals surface area contributed by atoms with Gasteiger partial charge in [0.25, 0.3) is 0 Å². The van der Waals surface area contributed by atoms with E-state index in [0.717, 1.165) is 0 Å². The number of aryl methyl sites for hydroxylation is 3. The third-order valence-corrected chi connectivity index (χ3v) is 7.73. The molecule has 0 radical (unpaired) electrons. The van der Waals surface area contributed by atoms with Crippen LogP contribution in [-0.4, -0.2) is 4.57 Å². The van der Waals surface area contributed by atoms with Crippen molar-refractivity contribution in [1.82, 2.24) is 4.57 Å². The summed E-state index contributed by atoms with van der Waals surface area (Å²) < 4.78 is 4.65. The smallest absolute Gasteiger partial charge is 0.220 e. The van der Waals surface area contributed by atoms with Gasteiger partial charge in [0.1, 0.15) is 7.05 Å². The van der Waals surface area contributed by atoms with Gasteiger partial charge in [0.2, 0.25) is 5.69 Å². The number of para-hydroxylation sites is 2. The molecule has 0 saturated carbocycles. The van der Waals surface area contributed by atoms with E-state index in [1.165, 1.54) is 71.4 Å². The van der Waals surface area contributed by atoms with Gasteiger partial charge in [-0.2, -0.15) is 0 Å². The maximum atomic E-state index is 2.39. The Balaban J connectivity index is 1.50. The maximum Gasteiger partial charge on any atom is 0.220 e. The van der Waals surface area contributed by atoms with Crippen LogP contribution < -0.4 is 4.57 Å². The van der Waals surface area contributed by atoms with Gasteiger partial charge in [-0.25, -0.2) is 4.57 Å². The maximum absolute atomic E-state index is 2.39. The van der Waals surface area contributed by atoms with Gasteiger partial charge in [-0.3, -0.25) is 0 Å². The second-order valence-electron chi connectivity index (χ2n) is 9.83. The molecule has 0 unspecified atom stereocenters. The molecule has 0 aliphatic rings. The molecule has 2 aromatic heterocycles. The van der Waals surface area contributed by atoms with Crippen molar-refractivity contribution >= 4 is 43.4 Å². The average molecular weight is 464 g/mol. The molecule has 0 saturated heterocycles. The fourth-order valence-electron chi connectivity index (χ4n) is 5.98. The van der Waals surface area contributed by atoms with E-state index >= 15 is 0 Å². The van der Waals surface area contributed by atoms with Crippen LogP contribution in [0.3, 0.4) is 0 Å². The lowest BCUT2D eigenvalue weighted by atomic mass is 9.92. The molecule has 0 aliphatic heterocycles. The van der Waals surface area contributed by atoms with Crippen molar-refractivity contribution in [3.63, 3.8) is 0 Å². The van der Waals surface area contributed by atoms with Crippen LogP contribution in [0, 0.1) is 13.8 Å².